The quantitative estimate of drug-likeness (QED) is 0.423. The largest absolute Gasteiger partial charge is 0.366 e. The van der Waals surface area contributed by atoms with Gasteiger partial charge >= 0.3 is 0 Å². The van der Waals surface area contributed by atoms with Crippen molar-refractivity contribution in [2.24, 2.45) is 11.5 Å². The summed E-state index contributed by atoms with van der Waals surface area (Å²) in [5.74, 6) is -0.963. The highest BCUT2D eigenvalue weighted by Crippen LogP contribution is 1.49. The number of nitrogens with two attached hydrogens (primary N) is 2. The third kappa shape index (κ3) is 82.1. The van der Waals surface area contributed by atoms with Gasteiger partial charge in [-0.05, 0) is 12.2 Å². The Morgan fingerprint density at radius 3 is 1.00 bits per heavy atom. The van der Waals surface area contributed by atoms with Gasteiger partial charge < -0.3 is 23.8 Å². The summed E-state index contributed by atoms with van der Waals surface area (Å²) in [5, 5.41) is 0. The lowest BCUT2D eigenvalue weighted by Crippen LogP contribution is -2.04. The molecule has 0 unspecified atom stereocenters. The lowest BCUT2D eigenvalue weighted by atomic mass is 10.6. The van der Waals surface area contributed by atoms with E-state index in [1.54, 1.807) is 0 Å². The van der Waals surface area contributed by atoms with Gasteiger partial charge in [-0.2, -0.15) is 0 Å². The summed E-state index contributed by atoms with van der Waals surface area (Å²) in [6.45, 7) is 6.17. The van der Waals surface area contributed by atoms with Gasteiger partial charge in [0.2, 0.25) is 11.8 Å². The maximum absolute atomic E-state index is 9.47. The van der Waals surface area contributed by atoms with Crippen LogP contribution in [0.5, 0.6) is 0 Å². The predicted octanol–water partition coefficient (Wildman–Crippen LogP) is -0.361. The normalized spacial score (nSPS) is 5.33. The van der Waals surface area contributed by atoms with Crippen LogP contribution >= 0.6 is 0 Å². The minimum Gasteiger partial charge on any atom is -0.366 e. The molecule has 0 heterocycles. The molecule has 0 bridgehead atoms. The first-order chi connectivity index (χ1) is 4.54. The summed E-state index contributed by atoms with van der Waals surface area (Å²) in [5.41, 5.74) is 9.07. The molecule has 2 amide bonds. The lowest BCUT2D eigenvalue weighted by Gasteiger charge is -1.65. The Bertz CT molecular complexity index is 138. The molecular weight excluding hydrogens is 160 g/mol. The van der Waals surface area contributed by atoms with Crippen molar-refractivity contribution in [3.8, 4) is 0 Å². The van der Waals surface area contributed by atoms with Crippen molar-refractivity contribution in [1.29, 1.82) is 0 Å². The average molecular weight is 176 g/mol. The van der Waals surface area contributed by atoms with Crippen LogP contribution < -0.4 is 23.8 Å². The first-order valence-electron chi connectivity index (χ1n) is 2.38. The Labute approximate surface area is 71.5 Å². The molecule has 10 N–H and O–H groups in total. The van der Waals surface area contributed by atoms with E-state index in [1.807, 2.05) is 0 Å². The number of primary amides is 2. The van der Waals surface area contributed by atoms with Gasteiger partial charge in [-0.3, -0.25) is 9.59 Å². The molecule has 0 aliphatic carbocycles. The number of hydrogen-bond acceptors (Lipinski definition) is 4. The third-order valence-electron chi connectivity index (χ3n) is 0.402. The maximum Gasteiger partial charge on any atom is 0.240 e. The van der Waals surface area contributed by atoms with Gasteiger partial charge in [0.15, 0.2) is 0 Å². The topological polar surface area (TPSA) is 156 Å². The molecule has 0 atom stereocenters. The van der Waals surface area contributed by atoms with Gasteiger partial charge in [-0.25, -0.2) is 0 Å². The maximum atomic E-state index is 9.47. The SMILES string of the molecule is C=CC(N)=O.C=CC(N)=O.N.N. The molecule has 0 aromatic carbocycles. The van der Waals surface area contributed by atoms with E-state index in [9.17, 15) is 9.59 Å². The van der Waals surface area contributed by atoms with Crippen molar-refractivity contribution < 1.29 is 9.59 Å². The van der Waals surface area contributed by atoms with Crippen molar-refractivity contribution >= 4 is 11.8 Å². The molecular formula is C6H16N4O2. The first-order valence-corrected chi connectivity index (χ1v) is 2.38. The second-order valence-electron chi connectivity index (χ2n) is 1.21. The van der Waals surface area contributed by atoms with Crippen LogP contribution in [0.3, 0.4) is 0 Å². The average Bonchev–Trinajstić information content (AvgIpc) is 1.89. The second-order valence-corrected chi connectivity index (χ2v) is 1.21. The fourth-order valence-electron chi connectivity index (χ4n) is 0. The van der Waals surface area contributed by atoms with E-state index in [0.717, 1.165) is 12.2 Å². The Hall–Kier alpha value is -1.66. The summed E-state index contributed by atoms with van der Waals surface area (Å²) in [4.78, 5) is 18.9. The molecule has 12 heavy (non-hydrogen) atoms. The highest BCUT2D eigenvalue weighted by atomic mass is 16.1. The molecule has 0 aliphatic rings. The second kappa shape index (κ2) is 16.2. The standard InChI is InChI=1S/2C3H5NO.2H3N/c2*1-2-3(4)5;;/h2*2H,1H2,(H2,4,5);2*1H3. The molecule has 0 rings (SSSR count). The van der Waals surface area contributed by atoms with Gasteiger partial charge in [-0.15, -0.1) is 0 Å². The molecule has 6 nitrogen and oxygen atoms in total. The highest BCUT2D eigenvalue weighted by molar-refractivity contribution is 5.85. The van der Waals surface area contributed by atoms with Crippen molar-refractivity contribution in [3.05, 3.63) is 25.3 Å². The van der Waals surface area contributed by atoms with Gasteiger partial charge in [0.05, 0.1) is 0 Å². The van der Waals surface area contributed by atoms with Crippen molar-refractivity contribution in [3.63, 3.8) is 0 Å². The van der Waals surface area contributed by atoms with Crippen LogP contribution in [0, 0.1) is 0 Å². The molecule has 0 spiro atoms. The zero-order chi connectivity index (χ0) is 8.57. The molecule has 0 aromatic rings. The van der Waals surface area contributed by atoms with Crippen LogP contribution in [-0.4, -0.2) is 11.8 Å². The van der Waals surface area contributed by atoms with E-state index in [4.69, 9.17) is 0 Å². The van der Waals surface area contributed by atoms with Crippen LogP contribution in [-0.2, 0) is 9.59 Å². The molecule has 0 fully saturated rings. The van der Waals surface area contributed by atoms with E-state index in [-0.39, 0.29) is 12.3 Å². The van der Waals surface area contributed by atoms with Gasteiger partial charge in [0.25, 0.3) is 0 Å². The smallest absolute Gasteiger partial charge is 0.240 e. The van der Waals surface area contributed by atoms with Gasteiger partial charge in [0, 0.05) is 0 Å². The summed E-state index contributed by atoms with van der Waals surface area (Å²) in [6.07, 6.45) is 2.11. The van der Waals surface area contributed by atoms with Crippen molar-refractivity contribution in [2.75, 3.05) is 0 Å². The predicted molar refractivity (Wildman–Crippen MR) is 48.8 cm³/mol. The van der Waals surface area contributed by atoms with Crippen molar-refractivity contribution in [1.82, 2.24) is 12.3 Å². The summed E-state index contributed by atoms with van der Waals surface area (Å²) in [6, 6.07) is 0. The minimum atomic E-state index is -0.481. The molecule has 0 saturated heterocycles. The molecule has 0 aromatic heterocycles. The monoisotopic (exact) mass is 176 g/mol. The number of rotatable bonds is 2. The van der Waals surface area contributed by atoms with E-state index in [0.29, 0.717) is 0 Å². The number of hydrogen-bond donors (Lipinski definition) is 4. The molecule has 0 aliphatic heterocycles. The lowest BCUT2D eigenvalue weighted by molar-refractivity contribution is -0.114. The zero-order valence-electron chi connectivity index (χ0n) is 6.95. The zero-order valence-corrected chi connectivity index (χ0v) is 6.95. The van der Waals surface area contributed by atoms with Gasteiger partial charge in [0.1, 0.15) is 0 Å². The Morgan fingerprint density at radius 1 is 0.917 bits per heavy atom. The highest BCUT2D eigenvalue weighted by Gasteiger charge is 1.69. The van der Waals surface area contributed by atoms with Crippen LogP contribution in [0.2, 0.25) is 0 Å². The van der Waals surface area contributed by atoms with Crippen LogP contribution in [0.4, 0.5) is 0 Å². The van der Waals surface area contributed by atoms with Gasteiger partial charge in [-0.1, -0.05) is 13.2 Å². The molecule has 72 valence electrons. The number of carbonyl (C=O) groups is 2. The fraction of sp³-hybridized carbons (Fsp3) is 0. The van der Waals surface area contributed by atoms with E-state index in [1.165, 1.54) is 0 Å². The Balaban J connectivity index is -0.0000000457. The van der Waals surface area contributed by atoms with E-state index >= 15 is 0 Å². The minimum absolute atomic E-state index is 0. The Kier molecular flexibility index (Phi) is 30.2. The Morgan fingerprint density at radius 2 is 1.00 bits per heavy atom. The number of carbonyl (C=O) groups excluding carboxylic acids is 2. The van der Waals surface area contributed by atoms with Crippen LogP contribution in [0.15, 0.2) is 25.3 Å². The summed E-state index contributed by atoms with van der Waals surface area (Å²) < 4.78 is 0. The van der Waals surface area contributed by atoms with Crippen molar-refractivity contribution in [2.45, 2.75) is 0 Å². The van der Waals surface area contributed by atoms with E-state index in [2.05, 4.69) is 24.6 Å². The third-order valence-corrected chi connectivity index (χ3v) is 0.402. The fourth-order valence-corrected chi connectivity index (χ4v) is 0. The molecule has 0 radical (unpaired) electrons. The van der Waals surface area contributed by atoms with E-state index < -0.39 is 11.8 Å². The van der Waals surface area contributed by atoms with Crippen LogP contribution in [0.1, 0.15) is 0 Å². The first kappa shape index (κ1) is 22.4. The summed E-state index contributed by atoms with van der Waals surface area (Å²) in [7, 11) is 0. The number of amides is 2. The summed E-state index contributed by atoms with van der Waals surface area (Å²) >= 11 is 0. The molecule has 6 heteroatoms. The molecule has 0 saturated carbocycles. The van der Waals surface area contributed by atoms with Crippen LogP contribution in [0.25, 0.3) is 0 Å².